The number of esters is 2. The number of aliphatic hydroxyl groups excluding tert-OH is 1. The van der Waals surface area contributed by atoms with Gasteiger partial charge in [-0.15, -0.1) is 0 Å². The Bertz CT molecular complexity index is 2440. The lowest BCUT2D eigenvalue weighted by molar-refractivity contribution is -0.224. The van der Waals surface area contributed by atoms with Gasteiger partial charge >= 0.3 is 11.9 Å². The predicted molar refractivity (Wildman–Crippen MR) is 247 cm³/mol. The molecule has 14 heteroatoms. The molecule has 5 N–H and O–H groups in total. The molecule has 1 saturated carbocycles. The molecule has 3 fully saturated rings. The lowest BCUT2D eigenvalue weighted by Gasteiger charge is -2.68. The summed E-state index contributed by atoms with van der Waals surface area (Å²) in [6.45, 7) is 12.8. The average molecular weight is 896 g/mol. The summed E-state index contributed by atoms with van der Waals surface area (Å²) in [6, 6.07) is 10.7. The zero-order valence-corrected chi connectivity index (χ0v) is 39.6. The molecule has 3 aromatic rings. The van der Waals surface area contributed by atoms with E-state index < -0.39 is 69.0 Å². The standard InChI is InChI=1S/C51H69N5O9/c1-10-30(4)39(41(57)64-8)53-44(59)51(62)43(58)48(12-3)19-15-21-56-23-20-50(42(48)56)34-24-35(38(63-7)25-37(34)54(6)46(50,51)5)49(45(60)65-9)27-31-26-47(61,11-2)29-55(28-31)22-18-33-32-16-13-14-17-36(32)52-40(33)49/h13-17,19,24-25,30-31,39,42-43,52,58,61-62H,10-12,18,20-23,26-29H2,1-9H3,(H,53,59)/t30-,31-,39-,42-,43+,46+,47-,48+,49-,50+,51-/m0/s1. The van der Waals surface area contributed by atoms with Gasteiger partial charge in [0.1, 0.15) is 23.3 Å². The average Bonchev–Trinajstić information content (AvgIpc) is 3.97. The number of benzene rings is 2. The lowest BCUT2D eigenvalue weighted by atomic mass is 9.42. The molecule has 12 atom stereocenters. The van der Waals surface area contributed by atoms with Crippen molar-refractivity contribution in [3.05, 3.63) is 70.9 Å². The molecule has 65 heavy (non-hydrogen) atoms. The van der Waals surface area contributed by atoms with Crippen molar-refractivity contribution >= 4 is 34.4 Å². The van der Waals surface area contributed by atoms with E-state index in [-0.39, 0.29) is 11.8 Å². The number of hydrogen-bond acceptors (Lipinski definition) is 12. The Morgan fingerprint density at radius 2 is 1.75 bits per heavy atom. The first-order chi connectivity index (χ1) is 31.0. The number of carbonyl (C=O) groups is 3. The summed E-state index contributed by atoms with van der Waals surface area (Å²) in [6.07, 6.45) is 5.89. The Hall–Kier alpha value is -4.47. The Labute approximate surface area is 382 Å². The molecule has 1 spiro atoms. The van der Waals surface area contributed by atoms with Gasteiger partial charge < -0.3 is 44.7 Å². The number of ether oxygens (including phenoxy) is 3. The fourth-order valence-electron chi connectivity index (χ4n) is 14.5. The molecule has 9 rings (SSSR count). The molecule has 1 amide bonds. The number of fused-ring (bicyclic) bond motifs is 6. The summed E-state index contributed by atoms with van der Waals surface area (Å²) < 4.78 is 17.6. The Morgan fingerprint density at radius 3 is 2.43 bits per heavy atom. The number of aliphatic hydroxyl groups is 3. The summed E-state index contributed by atoms with van der Waals surface area (Å²) in [7, 11) is 6.16. The highest BCUT2D eigenvalue weighted by molar-refractivity contribution is 5.97. The van der Waals surface area contributed by atoms with Gasteiger partial charge in [0, 0.05) is 84.0 Å². The van der Waals surface area contributed by atoms with E-state index in [1.165, 1.54) is 14.2 Å². The molecule has 352 valence electrons. The van der Waals surface area contributed by atoms with Crippen molar-refractivity contribution in [2.24, 2.45) is 17.3 Å². The molecular weight excluding hydrogens is 827 g/mol. The van der Waals surface area contributed by atoms with Gasteiger partial charge in [-0.05, 0) is 87.1 Å². The SMILES string of the molecule is CC[C@H](C)[C@H](NC(=O)[C@@]1(O)[C@H](O)[C@]2(CC)C=CCN3CC[C@@]4(c5cc([C@@]6(C(=O)OC)C[C@H]7CN(CCc8c6[nH]c6ccccc86)C[C@](O)(CC)C7)c(OC)cc5N(C)[C@@]14C)[C@@H]32)C(=O)OC. The fourth-order valence-corrected chi connectivity index (χ4v) is 14.5. The Morgan fingerprint density at radius 1 is 1.00 bits per heavy atom. The van der Waals surface area contributed by atoms with Crippen LogP contribution in [0.2, 0.25) is 0 Å². The van der Waals surface area contributed by atoms with Gasteiger partial charge in [-0.25, -0.2) is 4.79 Å². The van der Waals surface area contributed by atoms with Crippen molar-refractivity contribution < 1.29 is 43.9 Å². The summed E-state index contributed by atoms with van der Waals surface area (Å²) >= 11 is 0. The largest absolute Gasteiger partial charge is 0.496 e. The number of carbonyl (C=O) groups excluding carboxylic acids is 3. The first kappa shape index (κ1) is 45.7. The number of rotatable bonds is 10. The van der Waals surface area contributed by atoms with Gasteiger partial charge in [0.05, 0.1) is 32.5 Å². The number of hydrogen-bond donors (Lipinski definition) is 5. The number of nitrogens with zero attached hydrogens (tertiary/aromatic N) is 3. The van der Waals surface area contributed by atoms with E-state index >= 15 is 9.59 Å². The summed E-state index contributed by atoms with van der Waals surface area (Å²) in [5, 5.41) is 42.9. The Kier molecular flexibility index (Phi) is 11.1. The lowest BCUT2D eigenvalue weighted by Crippen LogP contribution is -2.87. The molecule has 1 unspecified atom stereocenters. The molecule has 2 aromatic carbocycles. The number of H-pyrrole nitrogens is 1. The third kappa shape index (κ3) is 5.85. The minimum atomic E-state index is -2.50. The molecule has 2 bridgehead atoms. The minimum absolute atomic E-state index is 0.126. The molecule has 14 nitrogen and oxygen atoms in total. The smallest absolute Gasteiger partial charge is 0.328 e. The van der Waals surface area contributed by atoms with Crippen LogP contribution in [0, 0.1) is 17.3 Å². The van der Waals surface area contributed by atoms with Crippen LogP contribution >= 0.6 is 0 Å². The second-order valence-corrected chi connectivity index (χ2v) is 20.5. The minimum Gasteiger partial charge on any atom is -0.496 e. The van der Waals surface area contributed by atoms with Gasteiger partial charge in [-0.1, -0.05) is 64.5 Å². The van der Waals surface area contributed by atoms with Crippen LogP contribution in [0.3, 0.4) is 0 Å². The maximum atomic E-state index is 15.5. The van der Waals surface area contributed by atoms with Gasteiger partial charge in [-0.2, -0.15) is 0 Å². The molecule has 0 radical (unpaired) electrons. The van der Waals surface area contributed by atoms with E-state index in [1.54, 1.807) is 7.11 Å². The number of para-hydroxylation sites is 1. The van der Waals surface area contributed by atoms with E-state index in [0.717, 1.165) is 27.7 Å². The highest BCUT2D eigenvalue weighted by Crippen LogP contribution is 2.71. The van der Waals surface area contributed by atoms with Crippen molar-refractivity contribution in [2.75, 3.05) is 66.0 Å². The highest BCUT2D eigenvalue weighted by atomic mass is 16.5. The van der Waals surface area contributed by atoms with E-state index in [4.69, 9.17) is 14.2 Å². The van der Waals surface area contributed by atoms with E-state index in [2.05, 4.69) is 32.2 Å². The predicted octanol–water partition coefficient (Wildman–Crippen LogP) is 4.34. The van der Waals surface area contributed by atoms with Crippen molar-refractivity contribution in [2.45, 2.75) is 125 Å². The number of nitrogens with one attached hydrogen (secondary N) is 2. The Balaban J connectivity index is 1.34. The fraction of sp³-hybridized carbons (Fsp3) is 0.627. The number of amides is 1. The van der Waals surface area contributed by atoms with Crippen LogP contribution in [0.4, 0.5) is 5.69 Å². The van der Waals surface area contributed by atoms with Crippen LogP contribution < -0.4 is 15.0 Å². The second kappa shape index (κ2) is 15.8. The van der Waals surface area contributed by atoms with Gasteiger partial charge in [0.2, 0.25) is 0 Å². The summed E-state index contributed by atoms with van der Waals surface area (Å²) in [5.41, 5.74) is -3.84. The summed E-state index contributed by atoms with van der Waals surface area (Å²) in [5.74, 6) is -1.98. The maximum absolute atomic E-state index is 15.5. The van der Waals surface area contributed by atoms with Gasteiger partial charge in [0.25, 0.3) is 5.91 Å². The number of aromatic amines is 1. The number of aromatic nitrogens is 1. The van der Waals surface area contributed by atoms with Crippen molar-refractivity contribution in [1.29, 1.82) is 0 Å². The van der Waals surface area contributed by atoms with Crippen LogP contribution in [0.25, 0.3) is 10.9 Å². The molecule has 6 aliphatic rings. The molecule has 2 saturated heterocycles. The monoisotopic (exact) mass is 896 g/mol. The van der Waals surface area contributed by atoms with Crippen LogP contribution in [0.5, 0.6) is 5.75 Å². The van der Waals surface area contributed by atoms with Crippen molar-refractivity contribution in [3.8, 4) is 5.75 Å². The highest BCUT2D eigenvalue weighted by Gasteiger charge is 2.84. The van der Waals surface area contributed by atoms with Crippen LogP contribution in [-0.4, -0.2) is 144 Å². The molecular formula is C51H69N5O9. The third-order valence-electron chi connectivity index (χ3n) is 18.0. The molecule has 1 aromatic heterocycles. The number of methoxy groups -OCH3 is 3. The molecule has 5 aliphatic heterocycles. The molecule has 1 aliphatic carbocycles. The number of piperidine rings is 1. The number of anilines is 1. The zero-order chi connectivity index (χ0) is 46.6. The van der Waals surface area contributed by atoms with Crippen molar-refractivity contribution in [1.82, 2.24) is 20.1 Å². The quantitative estimate of drug-likeness (QED) is 0.144. The normalized spacial score (nSPS) is 36.8. The molecule has 6 heterocycles. The number of likely N-dealkylation sites (N-methyl/N-ethyl adjacent to an activating group) is 1. The van der Waals surface area contributed by atoms with Gasteiger partial charge in [-0.3, -0.25) is 19.4 Å². The maximum Gasteiger partial charge on any atom is 0.328 e. The van der Waals surface area contributed by atoms with Gasteiger partial charge in [0.15, 0.2) is 5.60 Å². The second-order valence-electron chi connectivity index (χ2n) is 20.5. The van der Waals surface area contributed by atoms with E-state index in [9.17, 15) is 20.1 Å². The van der Waals surface area contributed by atoms with E-state index in [1.807, 2.05) is 83.0 Å². The zero-order valence-electron chi connectivity index (χ0n) is 39.6. The van der Waals surface area contributed by atoms with Crippen LogP contribution in [-0.2, 0) is 41.1 Å². The first-order valence-electron chi connectivity index (χ1n) is 23.8. The summed E-state index contributed by atoms with van der Waals surface area (Å²) in [4.78, 5) is 54.7. The first-order valence-corrected chi connectivity index (χ1v) is 23.8. The van der Waals surface area contributed by atoms with E-state index in [0.29, 0.717) is 94.7 Å². The topological polar surface area (TPSA) is 177 Å². The van der Waals surface area contributed by atoms with Crippen LogP contribution in [0.15, 0.2) is 48.6 Å². The van der Waals surface area contributed by atoms with Crippen LogP contribution in [0.1, 0.15) is 95.5 Å². The van der Waals surface area contributed by atoms with Crippen molar-refractivity contribution in [3.63, 3.8) is 0 Å². The third-order valence-corrected chi connectivity index (χ3v) is 18.0.